The summed E-state index contributed by atoms with van der Waals surface area (Å²) in [5, 5.41) is -0.262. The second kappa shape index (κ2) is 5.77. The molecule has 9 heteroatoms. The van der Waals surface area contributed by atoms with E-state index in [1.54, 1.807) is 0 Å². The second-order valence-corrected chi connectivity index (χ2v) is 7.83. The van der Waals surface area contributed by atoms with Crippen LogP contribution in [0.4, 0.5) is 0 Å². The average Bonchev–Trinajstić information content (AvgIpc) is 2.41. The van der Waals surface area contributed by atoms with Crippen molar-refractivity contribution in [3.8, 4) is 0 Å². The van der Waals surface area contributed by atoms with Crippen LogP contribution < -0.4 is 5.73 Å². The highest BCUT2D eigenvalue weighted by Crippen LogP contribution is 2.40. The summed E-state index contributed by atoms with van der Waals surface area (Å²) < 4.78 is 3.22. The number of halogens is 3. The van der Waals surface area contributed by atoms with Crippen LogP contribution >= 0.6 is 46.6 Å². The van der Waals surface area contributed by atoms with Gasteiger partial charge in [-0.25, -0.2) is 4.79 Å². The minimum atomic E-state index is -1.71. The molecule has 0 aromatic heterocycles. The Labute approximate surface area is 135 Å². The summed E-state index contributed by atoms with van der Waals surface area (Å²) in [6, 6.07) is -0.609. The maximum absolute atomic E-state index is 12.1. The van der Waals surface area contributed by atoms with Gasteiger partial charge in [-0.15, -0.1) is 11.8 Å². The molecule has 0 aliphatic carbocycles. The van der Waals surface area contributed by atoms with E-state index in [2.05, 4.69) is 6.58 Å². The molecule has 0 radical (unpaired) electrons. The lowest BCUT2D eigenvalue weighted by Crippen LogP contribution is -2.68. The number of nitrogens with zero attached hydrogens (tertiary/aromatic N) is 1. The molecule has 2 N–H and O–H groups in total. The number of esters is 1. The van der Waals surface area contributed by atoms with Crippen molar-refractivity contribution in [2.75, 3.05) is 12.4 Å². The van der Waals surface area contributed by atoms with Crippen molar-refractivity contribution in [3.05, 3.63) is 23.9 Å². The maximum atomic E-state index is 12.1. The van der Waals surface area contributed by atoms with E-state index in [4.69, 9.17) is 45.3 Å². The van der Waals surface area contributed by atoms with Crippen LogP contribution in [0.3, 0.4) is 0 Å². The predicted molar refractivity (Wildman–Crippen MR) is 79.5 cm³/mol. The van der Waals surface area contributed by atoms with Crippen LogP contribution in [0.15, 0.2) is 23.9 Å². The zero-order chi connectivity index (χ0) is 15.1. The van der Waals surface area contributed by atoms with Crippen LogP contribution in [0, 0.1) is 0 Å². The first-order valence-corrected chi connectivity index (χ1v) is 7.74. The average molecular weight is 358 g/mol. The van der Waals surface area contributed by atoms with Gasteiger partial charge in [-0.2, -0.15) is 0 Å². The topological polar surface area (TPSA) is 72.6 Å². The Kier molecular flexibility index (Phi) is 4.61. The smallest absolute Gasteiger partial charge is 0.355 e. The lowest BCUT2D eigenvalue weighted by Gasteiger charge is -2.48. The molecule has 2 heterocycles. The highest BCUT2D eigenvalue weighted by Gasteiger charge is 2.51. The van der Waals surface area contributed by atoms with E-state index in [0.717, 1.165) is 0 Å². The normalized spacial score (nSPS) is 26.0. The van der Waals surface area contributed by atoms with Crippen LogP contribution in [-0.4, -0.2) is 44.3 Å². The van der Waals surface area contributed by atoms with E-state index in [9.17, 15) is 9.59 Å². The number of amides is 1. The number of fused-ring (bicyclic) bond motifs is 1. The molecular weight excluding hydrogens is 347 g/mol. The molecule has 1 saturated heterocycles. The monoisotopic (exact) mass is 356 g/mol. The highest BCUT2D eigenvalue weighted by molar-refractivity contribution is 8.00. The number of nitrogens with two attached hydrogens (primary N) is 1. The third-order valence-electron chi connectivity index (χ3n) is 2.85. The zero-order valence-electron chi connectivity index (χ0n) is 10.1. The van der Waals surface area contributed by atoms with E-state index >= 15 is 0 Å². The molecule has 2 aliphatic rings. The Bertz CT molecular complexity index is 504. The number of rotatable bonds is 3. The summed E-state index contributed by atoms with van der Waals surface area (Å²) in [7, 11) is 0. The summed E-state index contributed by atoms with van der Waals surface area (Å²) in [6.45, 7) is 3.22. The second-order valence-electron chi connectivity index (χ2n) is 4.20. The molecule has 0 saturated carbocycles. The van der Waals surface area contributed by atoms with Crippen LogP contribution in [0.25, 0.3) is 0 Å². The van der Waals surface area contributed by atoms with E-state index < -0.39 is 22.4 Å². The van der Waals surface area contributed by atoms with Crippen molar-refractivity contribution in [2.24, 2.45) is 5.73 Å². The van der Waals surface area contributed by atoms with E-state index in [0.29, 0.717) is 11.3 Å². The Morgan fingerprint density at radius 2 is 2.25 bits per heavy atom. The van der Waals surface area contributed by atoms with Crippen molar-refractivity contribution >= 4 is 58.4 Å². The van der Waals surface area contributed by atoms with E-state index in [1.165, 1.54) is 22.7 Å². The molecule has 110 valence electrons. The number of alkyl halides is 3. The van der Waals surface area contributed by atoms with Gasteiger partial charge in [0.05, 0.1) is 0 Å². The van der Waals surface area contributed by atoms with Crippen molar-refractivity contribution < 1.29 is 14.3 Å². The SMILES string of the molecule is C=CC1=C(C(=O)OCC(Cl)(Cl)Cl)N2C(=O)[C@@H](N)[C@@H]2SC1. The first kappa shape index (κ1) is 16.0. The molecule has 0 aromatic rings. The molecule has 0 spiro atoms. The van der Waals surface area contributed by atoms with Crippen molar-refractivity contribution in [1.29, 1.82) is 0 Å². The Morgan fingerprint density at radius 3 is 2.80 bits per heavy atom. The van der Waals surface area contributed by atoms with Crippen LogP contribution in [0.2, 0.25) is 0 Å². The molecule has 5 nitrogen and oxygen atoms in total. The molecule has 2 rings (SSSR count). The first-order valence-electron chi connectivity index (χ1n) is 5.56. The molecule has 0 aromatic carbocycles. The van der Waals surface area contributed by atoms with Gasteiger partial charge in [-0.3, -0.25) is 9.69 Å². The van der Waals surface area contributed by atoms with Crippen LogP contribution in [-0.2, 0) is 14.3 Å². The lowest BCUT2D eigenvalue weighted by molar-refractivity contribution is -0.150. The fraction of sp³-hybridized carbons (Fsp3) is 0.455. The summed E-state index contributed by atoms with van der Waals surface area (Å²) in [6.07, 6.45) is 1.51. The van der Waals surface area contributed by atoms with Gasteiger partial charge in [0.25, 0.3) is 0 Å². The first-order chi connectivity index (χ1) is 9.26. The Hall–Kier alpha value is -0.400. The third-order valence-corrected chi connectivity index (χ3v) is 4.50. The molecular formula is C11H11Cl3N2O3S. The van der Waals surface area contributed by atoms with Crippen molar-refractivity contribution in [1.82, 2.24) is 4.90 Å². The number of carbonyl (C=O) groups excluding carboxylic acids is 2. The van der Waals surface area contributed by atoms with Gasteiger partial charge < -0.3 is 10.5 Å². The molecule has 2 atom stereocenters. The summed E-state index contributed by atoms with van der Waals surface area (Å²) >= 11 is 18.1. The number of β-lactam (4-membered cyclic amide) rings is 1. The summed E-state index contributed by atoms with van der Waals surface area (Å²) in [5.74, 6) is -0.539. The number of ether oxygens (including phenoxy) is 1. The van der Waals surface area contributed by atoms with Crippen molar-refractivity contribution in [2.45, 2.75) is 15.2 Å². The number of hydrogen-bond acceptors (Lipinski definition) is 5. The van der Waals surface area contributed by atoms with Gasteiger partial charge in [0.1, 0.15) is 23.7 Å². The molecule has 20 heavy (non-hydrogen) atoms. The minimum absolute atomic E-state index is 0.129. The zero-order valence-corrected chi connectivity index (χ0v) is 13.2. The number of thioether (sulfide) groups is 1. The molecule has 0 unspecified atom stereocenters. The minimum Gasteiger partial charge on any atom is -0.456 e. The maximum Gasteiger partial charge on any atom is 0.355 e. The van der Waals surface area contributed by atoms with E-state index in [-0.39, 0.29) is 17.0 Å². The van der Waals surface area contributed by atoms with Crippen molar-refractivity contribution in [3.63, 3.8) is 0 Å². The molecule has 1 fully saturated rings. The van der Waals surface area contributed by atoms with Crippen LogP contribution in [0.5, 0.6) is 0 Å². The lowest BCUT2D eigenvalue weighted by atomic mass is 10.0. The molecule has 2 aliphatic heterocycles. The van der Waals surface area contributed by atoms with Gasteiger partial charge >= 0.3 is 5.97 Å². The molecule has 1 amide bonds. The standard InChI is InChI=1S/C11H11Cl3N2O3S/c1-2-5-3-20-9-6(15)8(17)16(9)7(5)10(18)19-4-11(12,13)14/h2,6,9H,1,3-4,15H2/t6-,9+/m1/s1. The summed E-state index contributed by atoms with van der Waals surface area (Å²) in [5.41, 5.74) is 6.42. The van der Waals surface area contributed by atoms with Gasteiger partial charge in [0, 0.05) is 5.75 Å². The van der Waals surface area contributed by atoms with Gasteiger partial charge in [-0.05, 0) is 5.57 Å². The Morgan fingerprint density at radius 1 is 1.60 bits per heavy atom. The summed E-state index contributed by atoms with van der Waals surface area (Å²) in [4.78, 5) is 25.2. The number of allylic oxidation sites excluding steroid dienone is 1. The predicted octanol–water partition coefficient (Wildman–Crippen LogP) is 1.58. The fourth-order valence-electron chi connectivity index (χ4n) is 1.90. The Balaban J connectivity index is 2.21. The van der Waals surface area contributed by atoms with Crippen LogP contribution in [0.1, 0.15) is 0 Å². The van der Waals surface area contributed by atoms with E-state index in [1.807, 2.05) is 0 Å². The molecule has 0 bridgehead atoms. The van der Waals surface area contributed by atoms with Gasteiger partial charge in [-0.1, -0.05) is 47.5 Å². The third kappa shape index (κ3) is 2.94. The number of hydrogen-bond donors (Lipinski definition) is 1. The highest BCUT2D eigenvalue weighted by atomic mass is 35.6. The van der Waals surface area contributed by atoms with Gasteiger partial charge in [0.2, 0.25) is 9.70 Å². The number of carbonyl (C=O) groups is 2. The fourth-order valence-corrected chi connectivity index (χ4v) is 3.35. The van der Waals surface area contributed by atoms with Gasteiger partial charge in [0.15, 0.2) is 0 Å². The quantitative estimate of drug-likeness (QED) is 0.472. The largest absolute Gasteiger partial charge is 0.456 e.